The largest absolute Gasteiger partial charge is 0.396 e. The Morgan fingerprint density at radius 2 is 2.23 bits per heavy atom. The molecule has 1 fully saturated rings. The van der Waals surface area contributed by atoms with Crippen LogP contribution in [0.3, 0.4) is 0 Å². The molecule has 1 unspecified atom stereocenters. The molecule has 13 heavy (non-hydrogen) atoms. The maximum absolute atomic E-state index is 8.97. The molecule has 0 aromatic carbocycles. The van der Waals surface area contributed by atoms with Crippen molar-refractivity contribution in [1.82, 2.24) is 0 Å². The van der Waals surface area contributed by atoms with Crippen molar-refractivity contribution in [2.75, 3.05) is 6.61 Å². The van der Waals surface area contributed by atoms with Gasteiger partial charge in [0.15, 0.2) is 0 Å². The molecule has 74 valence electrons. The van der Waals surface area contributed by atoms with E-state index in [4.69, 9.17) is 5.11 Å². The summed E-state index contributed by atoms with van der Waals surface area (Å²) in [5.41, 5.74) is 1.61. The highest BCUT2D eigenvalue weighted by Crippen LogP contribution is 2.45. The number of hydrogen-bond donors (Lipinski definition) is 1. The van der Waals surface area contributed by atoms with Gasteiger partial charge in [-0.1, -0.05) is 18.6 Å². The van der Waals surface area contributed by atoms with Crippen LogP contribution in [0, 0.1) is 17.8 Å². The van der Waals surface area contributed by atoms with Gasteiger partial charge in [-0.15, -0.1) is 0 Å². The average Bonchev–Trinajstić information content (AvgIpc) is 2.10. The monoisotopic (exact) mass is 180 g/mol. The molecule has 1 N–H and O–H groups in total. The summed E-state index contributed by atoms with van der Waals surface area (Å²) in [4.78, 5) is 0. The Bertz CT molecular complexity index is 207. The summed E-state index contributed by atoms with van der Waals surface area (Å²) < 4.78 is 0. The van der Waals surface area contributed by atoms with Crippen LogP contribution in [0.1, 0.15) is 39.0 Å². The van der Waals surface area contributed by atoms with Crippen LogP contribution in [0.5, 0.6) is 0 Å². The highest BCUT2D eigenvalue weighted by Gasteiger charge is 2.33. The Morgan fingerprint density at radius 1 is 1.46 bits per heavy atom. The van der Waals surface area contributed by atoms with Gasteiger partial charge in [-0.25, -0.2) is 0 Å². The molecule has 0 saturated heterocycles. The van der Waals surface area contributed by atoms with E-state index in [0.29, 0.717) is 12.5 Å². The second-order valence-electron chi connectivity index (χ2n) is 4.89. The van der Waals surface area contributed by atoms with Crippen LogP contribution in [-0.4, -0.2) is 11.7 Å². The normalized spacial score (nSPS) is 34.5. The first-order valence-electron chi connectivity index (χ1n) is 5.58. The lowest BCUT2D eigenvalue weighted by Crippen LogP contribution is -2.28. The zero-order valence-electron chi connectivity index (χ0n) is 8.50. The quantitative estimate of drug-likeness (QED) is 0.662. The molecule has 0 aromatic heterocycles. The van der Waals surface area contributed by atoms with Crippen molar-refractivity contribution in [3.05, 3.63) is 11.6 Å². The number of allylic oxidation sites excluding steroid dienone is 2. The second kappa shape index (κ2) is 3.83. The molecule has 3 atom stereocenters. The van der Waals surface area contributed by atoms with E-state index in [1.807, 2.05) is 0 Å². The second-order valence-corrected chi connectivity index (χ2v) is 4.89. The molecule has 2 rings (SSSR count). The van der Waals surface area contributed by atoms with Crippen molar-refractivity contribution in [2.24, 2.45) is 17.8 Å². The van der Waals surface area contributed by atoms with Crippen LogP contribution in [0.2, 0.25) is 0 Å². The molecule has 0 heterocycles. The Kier molecular flexibility index (Phi) is 2.73. The molecule has 0 amide bonds. The molecule has 2 aliphatic rings. The summed E-state index contributed by atoms with van der Waals surface area (Å²) in [7, 11) is 0. The van der Waals surface area contributed by atoms with Gasteiger partial charge in [0.25, 0.3) is 0 Å². The van der Waals surface area contributed by atoms with Crippen LogP contribution >= 0.6 is 0 Å². The Labute approximate surface area is 80.8 Å². The lowest BCUT2D eigenvalue weighted by molar-refractivity contribution is 0.161. The molecule has 1 saturated carbocycles. The van der Waals surface area contributed by atoms with Crippen molar-refractivity contribution in [2.45, 2.75) is 39.0 Å². The van der Waals surface area contributed by atoms with E-state index in [1.54, 1.807) is 5.57 Å². The van der Waals surface area contributed by atoms with E-state index in [-0.39, 0.29) is 0 Å². The minimum Gasteiger partial charge on any atom is -0.396 e. The molecule has 1 nitrogen and oxygen atoms in total. The van der Waals surface area contributed by atoms with Gasteiger partial charge in [0, 0.05) is 6.61 Å². The average molecular weight is 180 g/mol. The number of rotatable bonds is 3. The van der Waals surface area contributed by atoms with Gasteiger partial charge in [0.05, 0.1) is 0 Å². The van der Waals surface area contributed by atoms with Gasteiger partial charge in [0.2, 0.25) is 0 Å². The van der Waals surface area contributed by atoms with Crippen LogP contribution in [0.25, 0.3) is 0 Å². The number of aliphatic hydroxyl groups is 1. The molecular formula is C12H20O. The first-order chi connectivity index (χ1) is 6.29. The van der Waals surface area contributed by atoms with Gasteiger partial charge >= 0.3 is 0 Å². The predicted octanol–water partition coefficient (Wildman–Crippen LogP) is 2.75. The predicted molar refractivity (Wildman–Crippen MR) is 54.4 cm³/mol. The number of hydrogen-bond acceptors (Lipinski definition) is 1. The molecule has 0 radical (unpaired) electrons. The van der Waals surface area contributed by atoms with Crippen molar-refractivity contribution in [3.63, 3.8) is 0 Å². The van der Waals surface area contributed by atoms with Gasteiger partial charge in [0.1, 0.15) is 0 Å². The maximum Gasteiger partial charge on any atom is 0.0459 e. The minimum atomic E-state index is 0.339. The van der Waals surface area contributed by atoms with E-state index in [2.05, 4.69) is 13.0 Å². The summed E-state index contributed by atoms with van der Waals surface area (Å²) in [5.74, 6) is 2.49. The molecule has 0 bridgehead atoms. The van der Waals surface area contributed by atoms with Crippen molar-refractivity contribution < 1.29 is 5.11 Å². The summed E-state index contributed by atoms with van der Waals surface area (Å²) in [6.45, 7) is 2.47. The van der Waals surface area contributed by atoms with E-state index in [9.17, 15) is 0 Å². The van der Waals surface area contributed by atoms with Crippen LogP contribution in [-0.2, 0) is 0 Å². The third kappa shape index (κ3) is 1.96. The van der Waals surface area contributed by atoms with Gasteiger partial charge in [-0.2, -0.15) is 0 Å². The van der Waals surface area contributed by atoms with Crippen LogP contribution in [0.15, 0.2) is 11.6 Å². The number of fused-ring (bicyclic) bond motifs is 1. The lowest BCUT2D eigenvalue weighted by Gasteiger charge is -2.40. The summed E-state index contributed by atoms with van der Waals surface area (Å²) in [6, 6.07) is 0. The van der Waals surface area contributed by atoms with Crippen molar-refractivity contribution in [3.8, 4) is 0 Å². The number of aliphatic hydroxyl groups excluding tert-OH is 1. The molecule has 0 aliphatic heterocycles. The van der Waals surface area contributed by atoms with Gasteiger partial charge in [-0.05, 0) is 49.9 Å². The topological polar surface area (TPSA) is 20.2 Å². The standard InChI is InChI=1S/C12H20O/c1-9(8-13)6-10-2-3-11-4-5-12(11)7-10/h2,9,11-13H,3-8H2,1H3/t9?,11-,12+/m0/s1. The lowest BCUT2D eigenvalue weighted by atomic mass is 9.65. The third-order valence-electron chi connectivity index (χ3n) is 3.73. The molecule has 1 heteroatoms. The van der Waals surface area contributed by atoms with E-state index < -0.39 is 0 Å². The van der Waals surface area contributed by atoms with Crippen molar-refractivity contribution in [1.29, 1.82) is 0 Å². The summed E-state index contributed by atoms with van der Waals surface area (Å²) >= 11 is 0. The third-order valence-corrected chi connectivity index (χ3v) is 3.73. The summed E-state index contributed by atoms with van der Waals surface area (Å²) in [5, 5.41) is 8.97. The van der Waals surface area contributed by atoms with E-state index >= 15 is 0 Å². The van der Waals surface area contributed by atoms with Gasteiger partial charge in [-0.3, -0.25) is 0 Å². The fraction of sp³-hybridized carbons (Fsp3) is 0.833. The maximum atomic E-state index is 8.97. The summed E-state index contributed by atoms with van der Waals surface area (Å²) in [6.07, 6.45) is 9.12. The fourth-order valence-electron chi connectivity index (χ4n) is 2.63. The Morgan fingerprint density at radius 3 is 2.77 bits per heavy atom. The fourth-order valence-corrected chi connectivity index (χ4v) is 2.63. The molecule has 2 aliphatic carbocycles. The minimum absolute atomic E-state index is 0.339. The van der Waals surface area contributed by atoms with Crippen LogP contribution < -0.4 is 0 Å². The smallest absolute Gasteiger partial charge is 0.0459 e. The molecular weight excluding hydrogens is 160 g/mol. The van der Waals surface area contributed by atoms with E-state index in [0.717, 1.165) is 18.3 Å². The first-order valence-corrected chi connectivity index (χ1v) is 5.58. The zero-order valence-corrected chi connectivity index (χ0v) is 8.50. The zero-order chi connectivity index (χ0) is 9.26. The highest BCUT2D eigenvalue weighted by atomic mass is 16.3. The highest BCUT2D eigenvalue weighted by molar-refractivity contribution is 5.11. The van der Waals surface area contributed by atoms with E-state index in [1.165, 1.54) is 25.7 Å². The SMILES string of the molecule is CC(CO)CC1=CC[C@H]2CC[C@@H]2C1. The Hall–Kier alpha value is -0.300. The molecule has 0 spiro atoms. The van der Waals surface area contributed by atoms with Gasteiger partial charge < -0.3 is 5.11 Å². The van der Waals surface area contributed by atoms with Crippen LogP contribution in [0.4, 0.5) is 0 Å². The van der Waals surface area contributed by atoms with Crippen molar-refractivity contribution >= 4 is 0 Å². The Balaban J connectivity index is 1.86. The first kappa shape index (κ1) is 9.26. The molecule has 0 aromatic rings.